The molecule has 1 aliphatic carbocycles. The minimum Gasteiger partial charge on any atom is -0.396 e. The quantitative estimate of drug-likeness (QED) is 0.333. The Bertz CT molecular complexity index is 1040. The molecule has 0 radical (unpaired) electrons. The van der Waals surface area contributed by atoms with Crippen LogP contribution in [0.4, 0.5) is 0 Å². The second-order valence-corrected chi connectivity index (χ2v) is 9.39. The summed E-state index contributed by atoms with van der Waals surface area (Å²) < 4.78 is 23.3. The number of carbonyl (C=O) groups is 1. The molecule has 9 heteroatoms. The lowest BCUT2D eigenvalue weighted by molar-refractivity contribution is -0.131. The van der Waals surface area contributed by atoms with Crippen LogP contribution in [0.2, 0.25) is 0 Å². The number of aryl methyl sites for hydroxylation is 1. The van der Waals surface area contributed by atoms with Crippen LogP contribution in [0.5, 0.6) is 0 Å². The summed E-state index contributed by atoms with van der Waals surface area (Å²) in [6, 6.07) is 2.89. The predicted molar refractivity (Wildman–Crippen MR) is 102 cm³/mol. The molecule has 1 aliphatic rings. The summed E-state index contributed by atoms with van der Waals surface area (Å²) in [5.74, 6) is 10.4. The van der Waals surface area contributed by atoms with Gasteiger partial charge in [0.1, 0.15) is 0 Å². The van der Waals surface area contributed by atoms with E-state index in [2.05, 4.69) is 23.7 Å². The Labute approximate surface area is 163 Å². The molecule has 1 amide bonds. The molecule has 1 fully saturated rings. The van der Waals surface area contributed by atoms with Gasteiger partial charge < -0.3 is 9.67 Å². The molecule has 1 aromatic rings. The smallest absolute Gasteiger partial charge is 0.264 e. The van der Waals surface area contributed by atoms with E-state index in [0.717, 1.165) is 12.7 Å². The monoisotopic (exact) mass is 406 g/mol. The van der Waals surface area contributed by atoms with Gasteiger partial charge in [0.25, 0.3) is 11.5 Å². The van der Waals surface area contributed by atoms with Crippen molar-refractivity contribution in [2.24, 2.45) is 11.8 Å². The van der Waals surface area contributed by atoms with E-state index in [1.165, 1.54) is 29.2 Å². The van der Waals surface area contributed by atoms with Crippen LogP contribution in [0.3, 0.4) is 0 Å². The standard InChI is InChI=1S/C19H22N2O6S/c1-19(18(24)20-25,28(2,26)27)8-10-21-9-7-14(11-17(21)23)5-3-4-6-15-12-16(15)13-22/h7,9,11,15-16,22,25H,8,10,12-13H2,1-2H3,(H,20,24)/t15-,16?,19?/m1/s1. The number of hydrogen-bond acceptors (Lipinski definition) is 6. The molecular weight excluding hydrogens is 384 g/mol. The summed E-state index contributed by atoms with van der Waals surface area (Å²) in [6.07, 6.45) is 3.04. The minimum atomic E-state index is -3.83. The number of nitrogens with one attached hydrogen (secondary N) is 1. The van der Waals surface area contributed by atoms with Crippen LogP contribution >= 0.6 is 0 Å². The summed E-state index contributed by atoms with van der Waals surface area (Å²) in [4.78, 5) is 24.0. The highest BCUT2D eigenvalue weighted by molar-refractivity contribution is 7.92. The van der Waals surface area contributed by atoms with Gasteiger partial charge in [-0.15, -0.1) is 0 Å². The Morgan fingerprint density at radius 1 is 1.43 bits per heavy atom. The van der Waals surface area contributed by atoms with Crippen LogP contribution in [0, 0.1) is 35.5 Å². The number of sulfone groups is 1. The molecule has 150 valence electrons. The van der Waals surface area contributed by atoms with Gasteiger partial charge in [0.15, 0.2) is 14.6 Å². The van der Waals surface area contributed by atoms with Gasteiger partial charge in [-0.1, -0.05) is 11.8 Å². The van der Waals surface area contributed by atoms with Crippen molar-refractivity contribution in [3.8, 4) is 23.7 Å². The highest BCUT2D eigenvalue weighted by Crippen LogP contribution is 2.36. The first kappa shape index (κ1) is 21.7. The molecular formula is C19H22N2O6S. The molecule has 0 saturated heterocycles. The largest absolute Gasteiger partial charge is 0.396 e. The number of pyridine rings is 1. The van der Waals surface area contributed by atoms with Crippen molar-refractivity contribution in [3.63, 3.8) is 0 Å². The fourth-order valence-electron chi connectivity index (χ4n) is 2.55. The number of aliphatic hydroxyl groups is 1. The molecule has 0 aliphatic heterocycles. The van der Waals surface area contributed by atoms with Crippen molar-refractivity contribution in [1.29, 1.82) is 0 Å². The maximum absolute atomic E-state index is 12.2. The first-order valence-electron chi connectivity index (χ1n) is 8.59. The number of aliphatic hydroxyl groups excluding tert-OH is 1. The third-order valence-corrected chi connectivity index (χ3v) is 6.94. The number of amides is 1. The fraction of sp³-hybridized carbons (Fsp3) is 0.474. The maximum atomic E-state index is 12.2. The Morgan fingerprint density at radius 3 is 2.68 bits per heavy atom. The molecule has 8 nitrogen and oxygen atoms in total. The summed E-state index contributed by atoms with van der Waals surface area (Å²) in [7, 11) is -3.83. The van der Waals surface area contributed by atoms with E-state index in [1.54, 1.807) is 6.07 Å². The first-order chi connectivity index (χ1) is 13.1. The molecule has 3 atom stereocenters. The first-order valence-corrected chi connectivity index (χ1v) is 10.5. The van der Waals surface area contributed by atoms with Gasteiger partial charge in [-0.3, -0.25) is 14.8 Å². The molecule has 0 bridgehead atoms. The van der Waals surface area contributed by atoms with Crippen LogP contribution in [-0.4, -0.2) is 46.8 Å². The number of rotatable bonds is 6. The van der Waals surface area contributed by atoms with Gasteiger partial charge >= 0.3 is 0 Å². The van der Waals surface area contributed by atoms with Gasteiger partial charge in [0, 0.05) is 43.2 Å². The van der Waals surface area contributed by atoms with Crippen LogP contribution < -0.4 is 11.0 Å². The van der Waals surface area contributed by atoms with E-state index in [0.29, 0.717) is 5.56 Å². The van der Waals surface area contributed by atoms with Crippen LogP contribution in [0.1, 0.15) is 25.3 Å². The van der Waals surface area contributed by atoms with Crippen LogP contribution in [0.25, 0.3) is 0 Å². The Hall–Kier alpha value is -2.59. The van der Waals surface area contributed by atoms with Crippen LogP contribution in [0.15, 0.2) is 23.1 Å². The molecule has 0 spiro atoms. The van der Waals surface area contributed by atoms with E-state index >= 15 is 0 Å². The van der Waals surface area contributed by atoms with Gasteiger partial charge in [-0.2, -0.15) is 0 Å². The van der Waals surface area contributed by atoms with Crippen molar-refractivity contribution >= 4 is 15.7 Å². The Kier molecular flexibility index (Phi) is 6.68. The zero-order chi connectivity index (χ0) is 20.9. The molecule has 0 aromatic carbocycles. The van der Waals surface area contributed by atoms with Gasteiger partial charge in [-0.25, -0.2) is 13.9 Å². The second-order valence-electron chi connectivity index (χ2n) is 6.95. The second kappa shape index (κ2) is 8.61. The third-order valence-electron chi connectivity index (χ3n) is 4.91. The van der Waals surface area contributed by atoms with E-state index in [1.807, 2.05) is 0 Å². The summed E-state index contributed by atoms with van der Waals surface area (Å²) in [6.45, 7) is 1.29. The van der Waals surface area contributed by atoms with Crippen molar-refractivity contribution < 1.29 is 23.5 Å². The number of hydroxylamine groups is 1. The number of nitrogens with zero attached hydrogens (tertiary/aromatic N) is 1. The highest BCUT2D eigenvalue weighted by Gasteiger charge is 2.43. The van der Waals surface area contributed by atoms with Crippen molar-refractivity contribution in [3.05, 3.63) is 34.2 Å². The molecule has 3 N–H and O–H groups in total. The van der Waals surface area contributed by atoms with Crippen LogP contribution in [-0.2, 0) is 21.2 Å². The molecule has 1 aromatic heterocycles. The van der Waals surface area contributed by atoms with Crippen molar-refractivity contribution in [2.45, 2.75) is 31.1 Å². The Morgan fingerprint density at radius 2 is 2.14 bits per heavy atom. The third kappa shape index (κ3) is 5.02. The molecule has 2 unspecified atom stereocenters. The molecule has 1 saturated carbocycles. The zero-order valence-corrected chi connectivity index (χ0v) is 16.4. The summed E-state index contributed by atoms with van der Waals surface area (Å²) in [5, 5.41) is 17.8. The highest BCUT2D eigenvalue weighted by atomic mass is 32.2. The lowest BCUT2D eigenvalue weighted by atomic mass is 10.1. The average molecular weight is 406 g/mol. The maximum Gasteiger partial charge on any atom is 0.264 e. The predicted octanol–water partition coefficient (Wildman–Crippen LogP) is -0.470. The number of hydrogen-bond donors (Lipinski definition) is 3. The summed E-state index contributed by atoms with van der Waals surface area (Å²) >= 11 is 0. The normalized spacial score (nSPS) is 20.0. The fourth-order valence-corrected chi connectivity index (χ4v) is 3.39. The molecule has 2 rings (SSSR count). The van der Waals surface area contributed by atoms with Gasteiger partial charge in [0.05, 0.1) is 0 Å². The van der Waals surface area contributed by atoms with E-state index in [-0.39, 0.29) is 31.4 Å². The van der Waals surface area contributed by atoms with E-state index in [4.69, 9.17) is 10.3 Å². The average Bonchev–Trinajstić information content (AvgIpc) is 3.41. The lowest BCUT2D eigenvalue weighted by Crippen LogP contribution is -2.49. The molecule has 28 heavy (non-hydrogen) atoms. The van der Waals surface area contributed by atoms with Gasteiger partial charge in [0.2, 0.25) is 0 Å². The topological polar surface area (TPSA) is 126 Å². The number of carbonyl (C=O) groups excluding carboxylic acids is 1. The van der Waals surface area contributed by atoms with E-state index in [9.17, 15) is 18.0 Å². The Balaban J connectivity index is 2.09. The zero-order valence-electron chi connectivity index (χ0n) is 15.6. The SMILES string of the molecule is CC(CCn1ccc(C#CC#C[C@@H]2CC2CO)cc1=O)(C(=O)NO)S(C)(=O)=O. The van der Waals surface area contributed by atoms with Crippen molar-refractivity contribution in [1.82, 2.24) is 10.0 Å². The van der Waals surface area contributed by atoms with Gasteiger partial charge in [-0.05, 0) is 43.6 Å². The van der Waals surface area contributed by atoms with Crippen molar-refractivity contribution in [2.75, 3.05) is 12.9 Å². The lowest BCUT2D eigenvalue weighted by Gasteiger charge is -2.25. The van der Waals surface area contributed by atoms with E-state index < -0.39 is 26.1 Å². The number of aromatic nitrogens is 1. The molecule has 1 heterocycles. The minimum absolute atomic E-state index is 0.0342. The summed E-state index contributed by atoms with van der Waals surface area (Å²) in [5.41, 5.74) is 1.43.